The van der Waals surface area contributed by atoms with Gasteiger partial charge in [-0.1, -0.05) is 199 Å². The number of aliphatic hydroxyl groups excluding tert-OH is 1. The second-order valence-corrected chi connectivity index (χ2v) is 18.6. The minimum absolute atomic E-state index is 0.0581. The lowest BCUT2D eigenvalue weighted by atomic mass is 10.0. The summed E-state index contributed by atoms with van der Waals surface area (Å²) in [5.74, 6) is -0.188. The number of unbranched alkanes of at least 4 members (excludes halogenated alkanes) is 27. The molecule has 0 saturated carbocycles. The molecule has 0 fully saturated rings. The number of phosphoric acid groups is 1. The Bertz CT molecular complexity index is 953. The second kappa shape index (κ2) is 38.5. The Balaban J connectivity index is 4.32. The Morgan fingerprint density at radius 2 is 1.00 bits per heavy atom. The van der Waals surface area contributed by atoms with Gasteiger partial charge in [0.15, 0.2) is 0 Å². The molecule has 0 radical (unpaired) electrons. The van der Waals surface area contributed by atoms with Crippen LogP contribution in [0.2, 0.25) is 0 Å². The molecule has 1 amide bonds. The van der Waals surface area contributed by atoms with Crippen LogP contribution >= 0.6 is 7.82 Å². The van der Waals surface area contributed by atoms with Crippen LogP contribution in [0.25, 0.3) is 0 Å². The highest BCUT2D eigenvalue weighted by molar-refractivity contribution is 7.47. The van der Waals surface area contributed by atoms with Crippen molar-refractivity contribution in [2.45, 2.75) is 225 Å². The number of carbonyl (C=O) groups excluding carboxylic acids is 1. The molecule has 0 aromatic heterocycles. The normalized spacial score (nSPS) is 14.5. The predicted molar refractivity (Wildman–Crippen MR) is 235 cm³/mol. The molecule has 0 saturated heterocycles. The third-order valence-electron chi connectivity index (χ3n) is 10.4. The Hall–Kier alpha value is -1.02. The van der Waals surface area contributed by atoms with Crippen molar-refractivity contribution in [3.8, 4) is 0 Å². The molecule has 3 unspecified atom stereocenters. The van der Waals surface area contributed by atoms with Gasteiger partial charge in [0.05, 0.1) is 39.9 Å². The van der Waals surface area contributed by atoms with Crippen LogP contribution in [0.3, 0.4) is 0 Å². The zero-order valence-electron chi connectivity index (χ0n) is 36.9. The van der Waals surface area contributed by atoms with Crippen molar-refractivity contribution in [3.05, 3.63) is 24.3 Å². The van der Waals surface area contributed by atoms with Gasteiger partial charge in [-0.3, -0.25) is 13.8 Å². The van der Waals surface area contributed by atoms with Gasteiger partial charge in [0.2, 0.25) is 5.91 Å². The summed E-state index contributed by atoms with van der Waals surface area (Å²) in [5.41, 5.74) is 0. The molecule has 0 aromatic rings. The average Bonchev–Trinajstić information content (AvgIpc) is 3.13. The van der Waals surface area contributed by atoms with E-state index >= 15 is 0 Å². The van der Waals surface area contributed by atoms with Crippen molar-refractivity contribution in [3.63, 3.8) is 0 Å². The first-order valence-corrected chi connectivity index (χ1v) is 24.7. The Kier molecular flexibility index (Phi) is 37.8. The molecule has 326 valence electrons. The fourth-order valence-electron chi connectivity index (χ4n) is 6.70. The summed E-state index contributed by atoms with van der Waals surface area (Å²) in [4.78, 5) is 23.0. The van der Waals surface area contributed by atoms with Gasteiger partial charge < -0.3 is 19.8 Å². The fraction of sp³-hybridized carbons (Fsp3) is 0.891. The number of carbonyl (C=O) groups is 1. The van der Waals surface area contributed by atoms with Crippen LogP contribution in [0.5, 0.6) is 0 Å². The number of likely N-dealkylation sites (N-methyl/N-ethyl adjacent to an activating group) is 1. The minimum Gasteiger partial charge on any atom is -0.387 e. The highest BCUT2D eigenvalue weighted by atomic mass is 31.2. The lowest BCUT2D eigenvalue weighted by Gasteiger charge is -2.25. The van der Waals surface area contributed by atoms with E-state index in [9.17, 15) is 19.4 Å². The number of hydrogen-bond acceptors (Lipinski definition) is 5. The maximum absolute atomic E-state index is 12.8. The van der Waals surface area contributed by atoms with Crippen molar-refractivity contribution in [2.24, 2.45) is 0 Å². The summed E-state index contributed by atoms with van der Waals surface area (Å²) in [6.45, 7) is 4.79. The number of nitrogens with zero attached hydrogens (tertiary/aromatic N) is 1. The van der Waals surface area contributed by atoms with E-state index in [1.807, 2.05) is 27.2 Å². The average molecular weight is 800 g/mol. The smallest absolute Gasteiger partial charge is 0.387 e. The molecule has 0 heterocycles. The fourth-order valence-corrected chi connectivity index (χ4v) is 7.44. The van der Waals surface area contributed by atoms with E-state index < -0.39 is 20.0 Å². The third kappa shape index (κ3) is 41.0. The van der Waals surface area contributed by atoms with Gasteiger partial charge in [-0.05, 0) is 32.1 Å². The van der Waals surface area contributed by atoms with E-state index in [1.165, 1.54) is 154 Å². The van der Waals surface area contributed by atoms with Gasteiger partial charge in [0, 0.05) is 6.42 Å². The number of nitrogens with one attached hydrogen (secondary N) is 1. The quantitative estimate of drug-likeness (QED) is 0.0246. The molecule has 8 nitrogen and oxygen atoms in total. The lowest BCUT2D eigenvalue weighted by molar-refractivity contribution is -0.870. The standard InChI is InChI=1S/C46H91N2O6P/c1-6-8-10-12-14-16-18-19-20-21-22-23-24-25-26-27-28-29-30-31-33-35-37-39-45(49)44(43-54-55(51,52)53-42-41-48(3,4)5)47-46(50)40-38-36-34-32-17-15-13-11-9-7-2/h30-31,37,39,44-45,49H,6-29,32-36,38,40-43H2,1-5H3,(H-,47,50,51,52)/p+1/b31-30+,39-37+. The van der Waals surface area contributed by atoms with Crippen molar-refractivity contribution in [2.75, 3.05) is 40.9 Å². The molecule has 55 heavy (non-hydrogen) atoms. The van der Waals surface area contributed by atoms with E-state index in [1.54, 1.807) is 6.08 Å². The van der Waals surface area contributed by atoms with Gasteiger partial charge in [0.1, 0.15) is 13.2 Å². The molecule has 3 atom stereocenters. The molecule has 0 bridgehead atoms. The van der Waals surface area contributed by atoms with Crippen LogP contribution in [-0.2, 0) is 18.4 Å². The molecule has 0 aliphatic rings. The third-order valence-corrected chi connectivity index (χ3v) is 11.4. The Labute approximate surface area is 341 Å². The molecule has 0 aromatic carbocycles. The minimum atomic E-state index is -4.34. The maximum atomic E-state index is 12.8. The SMILES string of the molecule is CCCCCCCCCCCCCCCCCCC/C=C/CC/C=C/C(O)C(COP(=O)(O)OCC[N+](C)(C)C)NC(=O)CCCCCCCCCCCC. The van der Waals surface area contributed by atoms with Crippen LogP contribution in [0.1, 0.15) is 213 Å². The van der Waals surface area contributed by atoms with Gasteiger partial charge in [-0.15, -0.1) is 0 Å². The molecule has 0 aliphatic carbocycles. The summed E-state index contributed by atoms with van der Waals surface area (Å²) in [6.07, 6.45) is 45.5. The first kappa shape index (κ1) is 54.0. The highest BCUT2D eigenvalue weighted by Gasteiger charge is 2.27. The molecular weight excluding hydrogens is 707 g/mol. The number of amides is 1. The Morgan fingerprint density at radius 3 is 1.45 bits per heavy atom. The van der Waals surface area contributed by atoms with E-state index in [-0.39, 0.29) is 19.1 Å². The Morgan fingerprint density at radius 1 is 0.600 bits per heavy atom. The molecular formula is C46H92N2O6P+. The number of phosphoric ester groups is 1. The number of aliphatic hydroxyl groups is 1. The molecule has 0 aliphatic heterocycles. The number of quaternary nitrogens is 1. The molecule has 0 rings (SSSR count). The number of hydrogen-bond donors (Lipinski definition) is 3. The largest absolute Gasteiger partial charge is 0.472 e. The van der Waals surface area contributed by atoms with Gasteiger partial charge >= 0.3 is 7.82 Å². The lowest BCUT2D eigenvalue weighted by Crippen LogP contribution is -2.45. The van der Waals surface area contributed by atoms with E-state index in [4.69, 9.17) is 9.05 Å². The van der Waals surface area contributed by atoms with Crippen molar-refractivity contribution in [1.82, 2.24) is 5.32 Å². The zero-order chi connectivity index (χ0) is 40.7. The van der Waals surface area contributed by atoms with Gasteiger partial charge in [-0.25, -0.2) is 4.57 Å². The number of allylic oxidation sites excluding steroid dienone is 3. The van der Waals surface area contributed by atoms with Crippen molar-refractivity contribution in [1.29, 1.82) is 0 Å². The topological polar surface area (TPSA) is 105 Å². The van der Waals surface area contributed by atoms with Crippen molar-refractivity contribution >= 4 is 13.7 Å². The first-order chi connectivity index (χ1) is 26.5. The van der Waals surface area contributed by atoms with Crippen LogP contribution in [0.15, 0.2) is 24.3 Å². The van der Waals surface area contributed by atoms with Gasteiger partial charge in [-0.2, -0.15) is 0 Å². The summed E-state index contributed by atoms with van der Waals surface area (Å²) in [5, 5.41) is 13.8. The van der Waals surface area contributed by atoms with Crippen LogP contribution in [0.4, 0.5) is 0 Å². The molecule has 9 heteroatoms. The van der Waals surface area contributed by atoms with E-state index in [0.717, 1.165) is 38.5 Å². The van der Waals surface area contributed by atoms with E-state index in [2.05, 4.69) is 31.3 Å². The van der Waals surface area contributed by atoms with Crippen molar-refractivity contribution < 1.29 is 32.9 Å². The van der Waals surface area contributed by atoms with Crippen LogP contribution < -0.4 is 5.32 Å². The first-order valence-electron chi connectivity index (χ1n) is 23.2. The molecule has 3 N–H and O–H groups in total. The predicted octanol–water partition coefficient (Wildman–Crippen LogP) is 12.9. The highest BCUT2D eigenvalue weighted by Crippen LogP contribution is 2.43. The summed E-state index contributed by atoms with van der Waals surface area (Å²) in [6, 6.07) is -0.857. The zero-order valence-corrected chi connectivity index (χ0v) is 37.8. The van der Waals surface area contributed by atoms with Crippen LogP contribution in [-0.4, -0.2) is 73.4 Å². The maximum Gasteiger partial charge on any atom is 0.472 e. The van der Waals surface area contributed by atoms with Crippen LogP contribution in [0, 0.1) is 0 Å². The summed E-state index contributed by atoms with van der Waals surface area (Å²) < 4.78 is 23.5. The van der Waals surface area contributed by atoms with Gasteiger partial charge in [0.25, 0.3) is 0 Å². The monoisotopic (exact) mass is 800 g/mol. The summed E-state index contributed by atoms with van der Waals surface area (Å²) >= 11 is 0. The molecule has 0 spiro atoms. The second-order valence-electron chi connectivity index (χ2n) is 17.1. The van der Waals surface area contributed by atoms with E-state index in [0.29, 0.717) is 17.4 Å². The number of rotatable bonds is 42. The summed E-state index contributed by atoms with van der Waals surface area (Å²) in [7, 11) is 1.56.